The maximum atomic E-state index is 3.64. The first kappa shape index (κ1) is 8.55. The summed E-state index contributed by atoms with van der Waals surface area (Å²) in [6.45, 7) is 0. The molecular weight excluding hydrogens is 268 g/mol. The molecule has 2 saturated carbocycles. The van der Waals surface area contributed by atoms with Crippen molar-refractivity contribution in [3.05, 3.63) is 0 Å². The van der Waals surface area contributed by atoms with Crippen LogP contribution in [0, 0.1) is 23.7 Å². The molecule has 4 unspecified atom stereocenters. The first-order valence-electron chi connectivity index (χ1n) is 4.48. The molecule has 11 heavy (non-hydrogen) atoms. The molecular formula is C9H14Br2. The van der Waals surface area contributed by atoms with E-state index in [2.05, 4.69) is 31.9 Å². The molecule has 0 radical (unpaired) electrons. The van der Waals surface area contributed by atoms with Crippen molar-refractivity contribution in [2.45, 2.75) is 19.3 Å². The summed E-state index contributed by atoms with van der Waals surface area (Å²) in [7, 11) is 0. The number of halogens is 2. The summed E-state index contributed by atoms with van der Waals surface area (Å²) in [4.78, 5) is 0. The van der Waals surface area contributed by atoms with E-state index in [1.54, 1.807) is 0 Å². The van der Waals surface area contributed by atoms with Gasteiger partial charge in [-0.25, -0.2) is 0 Å². The van der Waals surface area contributed by atoms with E-state index in [-0.39, 0.29) is 0 Å². The van der Waals surface area contributed by atoms with Gasteiger partial charge in [-0.2, -0.15) is 0 Å². The molecule has 0 aromatic heterocycles. The SMILES string of the molecule is BrCC1C2CCC(C2)C1CBr. The Labute approximate surface area is 85.4 Å². The quantitative estimate of drug-likeness (QED) is 0.681. The van der Waals surface area contributed by atoms with E-state index in [0.717, 1.165) is 23.7 Å². The van der Waals surface area contributed by atoms with Crippen molar-refractivity contribution in [1.29, 1.82) is 0 Å². The Hall–Kier alpha value is 0.960. The summed E-state index contributed by atoms with van der Waals surface area (Å²) in [5.74, 6) is 4.07. The maximum Gasteiger partial charge on any atom is 0.00653 e. The normalized spacial score (nSPS) is 48.5. The van der Waals surface area contributed by atoms with Crippen molar-refractivity contribution in [2.75, 3.05) is 10.7 Å². The van der Waals surface area contributed by atoms with Gasteiger partial charge in [0.05, 0.1) is 0 Å². The lowest BCUT2D eigenvalue weighted by Gasteiger charge is -2.27. The van der Waals surface area contributed by atoms with Gasteiger partial charge >= 0.3 is 0 Å². The van der Waals surface area contributed by atoms with Crippen LogP contribution >= 0.6 is 31.9 Å². The molecule has 64 valence electrons. The van der Waals surface area contributed by atoms with Crippen molar-refractivity contribution >= 4 is 31.9 Å². The number of rotatable bonds is 2. The second-order valence-electron chi connectivity index (χ2n) is 3.97. The molecule has 0 aromatic rings. The molecule has 4 atom stereocenters. The third kappa shape index (κ3) is 1.31. The lowest BCUT2D eigenvalue weighted by Crippen LogP contribution is -2.24. The summed E-state index contributed by atoms with van der Waals surface area (Å²) in [5, 5.41) is 2.45. The third-order valence-electron chi connectivity index (χ3n) is 3.63. The van der Waals surface area contributed by atoms with Crippen LogP contribution in [0.15, 0.2) is 0 Å². The van der Waals surface area contributed by atoms with Crippen molar-refractivity contribution in [2.24, 2.45) is 23.7 Å². The highest BCUT2D eigenvalue weighted by atomic mass is 79.9. The van der Waals surface area contributed by atoms with Crippen molar-refractivity contribution < 1.29 is 0 Å². The molecule has 2 aliphatic carbocycles. The fourth-order valence-electron chi connectivity index (χ4n) is 3.01. The van der Waals surface area contributed by atoms with Gasteiger partial charge in [0.15, 0.2) is 0 Å². The first-order chi connectivity index (χ1) is 5.36. The highest BCUT2D eigenvalue weighted by molar-refractivity contribution is 9.09. The molecule has 0 spiro atoms. The average molecular weight is 282 g/mol. The molecule has 0 aliphatic heterocycles. The largest absolute Gasteiger partial charge is 0.0925 e. The van der Waals surface area contributed by atoms with Crippen LogP contribution in [-0.4, -0.2) is 10.7 Å². The van der Waals surface area contributed by atoms with Gasteiger partial charge in [0.1, 0.15) is 0 Å². The van der Waals surface area contributed by atoms with Gasteiger partial charge < -0.3 is 0 Å². The minimum Gasteiger partial charge on any atom is -0.0925 e. The van der Waals surface area contributed by atoms with Crippen LogP contribution in [0.25, 0.3) is 0 Å². The Morgan fingerprint density at radius 1 is 0.909 bits per heavy atom. The summed E-state index contributed by atoms with van der Waals surface area (Å²) < 4.78 is 0. The van der Waals surface area contributed by atoms with E-state index in [0.29, 0.717) is 0 Å². The molecule has 0 aromatic carbocycles. The summed E-state index contributed by atoms with van der Waals surface area (Å²) >= 11 is 7.28. The molecule has 2 rings (SSSR count). The van der Waals surface area contributed by atoms with E-state index >= 15 is 0 Å². The predicted molar refractivity (Wildman–Crippen MR) is 55.4 cm³/mol. The number of fused-ring (bicyclic) bond motifs is 2. The molecule has 0 nitrogen and oxygen atoms in total. The second kappa shape index (κ2) is 3.37. The van der Waals surface area contributed by atoms with Gasteiger partial charge in [-0.1, -0.05) is 31.9 Å². The molecule has 2 fully saturated rings. The first-order valence-corrected chi connectivity index (χ1v) is 6.73. The van der Waals surface area contributed by atoms with Gasteiger partial charge in [-0.3, -0.25) is 0 Å². The zero-order valence-electron chi connectivity index (χ0n) is 6.60. The van der Waals surface area contributed by atoms with Crippen LogP contribution in [-0.2, 0) is 0 Å². The Kier molecular flexibility index (Phi) is 2.62. The Morgan fingerprint density at radius 3 is 1.73 bits per heavy atom. The van der Waals surface area contributed by atoms with Crippen LogP contribution in [0.4, 0.5) is 0 Å². The van der Waals surface area contributed by atoms with E-state index in [4.69, 9.17) is 0 Å². The van der Waals surface area contributed by atoms with E-state index in [9.17, 15) is 0 Å². The Morgan fingerprint density at radius 2 is 1.36 bits per heavy atom. The molecule has 2 heteroatoms. The fourth-order valence-corrected chi connectivity index (χ4v) is 5.03. The van der Waals surface area contributed by atoms with Gasteiger partial charge in [0.25, 0.3) is 0 Å². The third-order valence-corrected chi connectivity index (χ3v) is 5.13. The molecule has 2 bridgehead atoms. The van der Waals surface area contributed by atoms with Gasteiger partial charge in [0.2, 0.25) is 0 Å². The van der Waals surface area contributed by atoms with Crippen LogP contribution in [0.1, 0.15) is 19.3 Å². The van der Waals surface area contributed by atoms with Crippen molar-refractivity contribution in [1.82, 2.24) is 0 Å². The minimum atomic E-state index is 0.980. The maximum absolute atomic E-state index is 3.64. The van der Waals surface area contributed by atoms with Crippen molar-refractivity contribution in [3.8, 4) is 0 Å². The van der Waals surface area contributed by atoms with Gasteiger partial charge in [0, 0.05) is 10.7 Å². The average Bonchev–Trinajstić information content (AvgIpc) is 2.60. The van der Waals surface area contributed by atoms with Crippen LogP contribution in [0.3, 0.4) is 0 Å². The fraction of sp³-hybridized carbons (Fsp3) is 1.00. The predicted octanol–water partition coefficient (Wildman–Crippen LogP) is 3.44. The highest BCUT2D eigenvalue weighted by Crippen LogP contribution is 2.53. The zero-order chi connectivity index (χ0) is 7.84. The van der Waals surface area contributed by atoms with E-state index in [1.165, 1.54) is 29.9 Å². The molecule has 0 N–H and O–H groups in total. The lowest BCUT2D eigenvalue weighted by molar-refractivity contribution is 0.272. The van der Waals surface area contributed by atoms with E-state index in [1.807, 2.05) is 0 Å². The summed E-state index contributed by atoms with van der Waals surface area (Å²) in [6, 6.07) is 0. The standard InChI is InChI=1S/C9H14Br2/c10-4-8-6-1-2-7(3-6)9(8)5-11/h6-9H,1-5H2. The molecule has 0 saturated heterocycles. The second-order valence-corrected chi connectivity index (χ2v) is 5.26. The highest BCUT2D eigenvalue weighted by Gasteiger charge is 2.45. The smallest absolute Gasteiger partial charge is 0.00653 e. The molecule has 0 heterocycles. The van der Waals surface area contributed by atoms with Crippen LogP contribution in [0.2, 0.25) is 0 Å². The van der Waals surface area contributed by atoms with Crippen molar-refractivity contribution in [3.63, 3.8) is 0 Å². The molecule has 2 aliphatic rings. The monoisotopic (exact) mass is 280 g/mol. The van der Waals surface area contributed by atoms with Gasteiger partial charge in [-0.15, -0.1) is 0 Å². The van der Waals surface area contributed by atoms with E-state index < -0.39 is 0 Å². The number of hydrogen-bond acceptors (Lipinski definition) is 0. The summed E-state index contributed by atoms with van der Waals surface area (Å²) in [6.07, 6.45) is 4.53. The lowest BCUT2D eigenvalue weighted by atomic mass is 9.82. The van der Waals surface area contributed by atoms with Crippen LogP contribution in [0.5, 0.6) is 0 Å². The topological polar surface area (TPSA) is 0 Å². The Balaban J connectivity index is 2.08. The summed E-state index contributed by atoms with van der Waals surface area (Å²) in [5.41, 5.74) is 0. The van der Waals surface area contributed by atoms with Crippen LogP contribution < -0.4 is 0 Å². The number of alkyl halides is 2. The Bertz CT molecular complexity index is 130. The zero-order valence-corrected chi connectivity index (χ0v) is 9.77. The number of hydrogen-bond donors (Lipinski definition) is 0. The minimum absolute atomic E-state index is 0.980. The van der Waals surface area contributed by atoms with Gasteiger partial charge in [-0.05, 0) is 42.9 Å². The molecule has 0 amide bonds.